The van der Waals surface area contributed by atoms with Crippen LogP contribution in [0.15, 0.2) is 42.7 Å². The third-order valence-corrected chi connectivity index (χ3v) is 2.32. The highest BCUT2D eigenvalue weighted by molar-refractivity contribution is 5.88. The molecule has 19 heavy (non-hydrogen) atoms. The SMILES string of the molecule is Cn1cc(C=CC(=O)Oc2cccc(C#N)c2)cn1. The molecule has 1 aromatic carbocycles. The predicted octanol–water partition coefficient (Wildman–Crippen LogP) is 1.91. The van der Waals surface area contributed by atoms with Crippen LogP contribution in [-0.2, 0) is 11.8 Å². The summed E-state index contributed by atoms with van der Waals surface area (Å²) in [5, 5.41) is 12.7. The van der Waals surface area contributed by atoms with Crippen LogP contribution in [0.5, 0.6) is 5.75 Å². The van der Waals surface area contributed by atoms with Crippen molar-refractivity contribution in [3.05, 3.63) is 53.9 Å². The Morgan fingerprint density at radius 1 is 1.53 bits per heavy atom. The minimum atomic E-state index is -0.501. The van der Waals surface area contributed by atoms with E-state index in [0.29, 0.717) is 11.3 Å². The molecule has 0 unspecified atom stereocenters. The van der Waals surface area contributed by atoms with E-state index in [4.69, 9.17) is 10.00 Å². The second-order valence-electron chi connectivity index (χ2n) is 3.84. The first kappa shape index (κ1) is 12.6. The van der Waals surface area contributed by atoms with Gasteiger partial charge < -0.3 is 4.74 Å². The Morgan fingerprint density at radius 2 is 2.37 bits per heavy atom. The van der Waals surface area contributed by atoms with E-state index in [1.54, 1.807) is 48.4 Å². The molecule has 0 bridgehead atoms. The highest BCUT2D eigenvalue weighted by atomic mass is 16.5. The van der Waals surface area contributed by atoms with Crippen molar-refractivity contribution < 1.29 is 9.53 Å². The molecule has 94 valence electrons. The van der Waals surface area contributed by atoms with Crippen molar-refractivity contribution in [1.82, 2.24) is 9.78 Å². The Morgan fingerprint density at radius 3 is 3.05 bits per heavy atom. The monoisotopic (exact) mass is 253 g/mol. The number of aromatic nitrogens is 2. The van der Waals surface area contributed by atoms with E-state index < -0.39 is 5.97 Å². The number of carbonyl (C=O) groups is 1. The Hall–Kier alpha value is -2.87. The number of aryl methyl sites for hydroxylation is 1. The Bertz CT molecular complexity index is 665. The summed E-state index contributed by atoms with van der Waals surface area (Å²) in [5.74, 6) is -0.154. The van der Waals surface area contributed by atoms with Crippen LogP contribution in [0.2, 0.25) is 0 Å². The first-order chi connectivity index (χ1) is 9.17. The summed E-state index contributed by atoms with van der Waals surface area (Å²) < 4.78 is 6.72. The zero-order valence-corrected chi connectivity index (χ0v) is 10.3. The third-order valence-electron chi connectivity index (χ3n) is 2.32. The van der Waals surface area contributed by atoms with E-state index in [1.165, 1.54) is 12.1 Å². The van der Waals surface area contributed by atoms with E-state index in [-0.39, 0.29) is 0 Å². The highest BCUT2D eigenvalue weighted by Gasteiger charge is 2.01. The molecule has 0 amide bonds. The van der Waals surface area contributed by atoms with Crippen LogP contribution in [0, 0.1) is 11.3 Å². The van der Waals surface area contributed by atoms with Crippen LogP contribution in [0.4, 0.5) is 0 Å². The van der Waals surface area contributed by atoms with Gasteiger partial charge in [-0.1, -0.05) is 6.07 Å². The van der Waals surface area contributed by atoms with Gasteiger partial charge in [-0.3, -0.25) is 4.68 Å². The molecule has 2 aromatic rings. The molecule has 0 radical (unpaired) electrons. The number of nitriles is 1. The standard InChI is InChI=1S/C14H11N3O2/c1-17-10-12(9-16-17)5-6-14(18)19-13-4-2-3-11(7-13)8-15/h2-7,9-10H,1H3. The van der Waals surface area contributed by atoms with Gasteiger partial charge in [-0.25, -0.2) is 4.79 Å². The summed E-state index contributed by atoms with van der Waals surface area (Å²) in [6.07, 6.45) is 6.35. The minimum Gasteiger partial charge on any atom is -0.423 e. The van der Waals surface area contributed by atoms with E-state index >= 15 is 0 Å². The number of hydrogen-bond acceptors (Lipinski definition) is 4. The number of hydrogen-bond donors (Lipinski definition) is 0. The summed E-state index contributed by atoms with van der Waals surface area (Å²) in [7, 11) is 1.79. The van der Waals surface area contributed by atoms with Gasteiger partial charge in [0.25, 0.3) is 0 Å². The van der Waals surface area contributed by atoms with Gasteiger partial charge in [-0.05, 0) is 24.3 Å². The molecule has 0 spiro atoms. The first-order valence-corrected chi connectivity index (χ1v) is 5.56. The van der Waals surface area contributed by atoms with Crippen LogP contribution in [0.3, 0.4) is 0 Å². The molecule has 0 fully saturated rings. The fraction of sp³-hybridized carbons (Fsp3) is 0.0714. The maximum absolute atomic E-state index is 11.6. The number of ether oxygens (including phenoxy) is 1. The van der Waals surface area contributed by atoms with Gasteiger partial charge in [-0.15, -0.1) is 0 Å². The average molecular weight is 253 g/mol. The molecule has 0 N–H and O–H groups in total. The topological polar surface area (TPSA) is 67.9 Å². The van der Waals surface area contributed by atoms with Crippen molar-refractivity contribution in [3.63, 3.8) is 0 Å². The highest BCUT2D eigenvalue weighted by Crippen LogP contribution is 2.13. The normalized spacial score (nSPS) is 10.3. The molecule has 0 aliphatic carbocycles. The van der Waals surface area contributed by atoms with E-state index in [9.17, 15) is 4.79 Å². The molecule has 0 atom stereocenters. The largest absolute Gasteiger partial charge is 0.423 e. The van der Waals surface area contributed by atoms with Crippen molar-refractivity contribution in [2.24, 2.45) is 7.05 Å². The van der Waals surface area contributed by atoms with Crippen molar-refractivity contribution in [1.29, 1.82) is 5.26 Å². The second kappa shape index (κ2) is 5.65. The number of carbonyl (C=O) groups excluding carboxylic acids is 1. The van der Waals surface area contributed by atoms with Crippen LogP contribution in [0.1, 0.15) is 11.1 Å². The minimum absolute atomic E-state index is 0.347. The van der Waals surface area contributed by atoms with Crippen molar-refractivity contribution in [2.75, 3.05) is 0 Å². The molecular weight excluding hydrogens is 242 g/mol. The molecule has 0 aliphatic rings. The molecule has 2 rings (SSSR count). The quantitative estimate of drug-likeness (QED) is 0.476. The number of nitrogens with zero attached hydrogens (tertiary/aromatic N) is 3. The number of benzene rings is 1. The fourth-order valence-electron chi connectivity index (χ4n) is 1.47. The van der Waals surface area contributed by atoms with Crippen LogP contribution < -0.4 is 4.74 Å². The lowest BCUT2D eigenvalue weighted by atomic mass is 10.2. The van der Waals surface area contributed by atoms with Crippen LogP contribution in [0.25, 0.3) is 6.08 Å². The molecule has 0 aliphatic heterocycles. The third kappa shape index (κ3) is 3.54. The van der Waals surface area contributed by atoms with Crippen molar-refractivity contribution in [3.8, 4) is 11.8 Å². The smallest absolute Gasteiger partial charge is 0.336 e. The fourth-order valence-corrected chi connectivity index (χ4v) is 1.47. The lowest BCUT2D eigenvalue weighted by Crippen LogP contribution is -2.03. The maximum atomic E-state index is 11.6. The van der Waals surface area contributed by atoms with Gasteiger partial charge in [0.1, 0.15) is 5.75 Å². The Kier molecular flexibility index (Phi) is 3.74. The maximum Gasteiger partial charge on any atom is 0.336 e. The Labute approximate surface area is 110 Å². The van der Waals surface area contributed by atoms with E-state index in [0.717, 1.165) is 5.56 Å². The zero-order chi connectivity index (χ0) is 13.7. The van der Waals surface area contributed by atoms with Crippen molar-refractivity contribution >= 4 is 12.0 Å². The summed E-state index contributed by atoms with van der Waals surface area (Å²) in [5.41, 5.74) is 1.26. The summed E-state index contributed by atoms with van der Waals surface area (Å²) >= 11 is 0. The lowest BCUT2D eigenvalue weighted by Gasteiger charge is -2.00. The number of rotatable bonds is 3. The molecule has 5 nitrogen and oxygen atoms in total. The Balaban J connectivity index is 2.01. The van der Waals surface area contributed by atoms with Crippen LogP contribution in [-0.4, -0.2) is 15.7 Å². The van der Waals surface area contributed by atoms with E-state index in [1.807, 2.05) is 6.07 Å². The van der Waals surface area contributed by atoms with Gasteiger partial charge in [0, 0.05) is 24.9 Å². The molecule has 1 aromatic heterocycles. The van der Waals surface area contributed by atoms with Gasteiger partial charge >= 0.3 is 5.97 Å². The van der Waals surface area contributed by atoms with Gasteiger partial charge in [-0.2, -0.15) is 10.4 Å². The molecule has 0 saturated carbocycles. The average Bonchev–Trinajstić information content (AvgIpc) is 2.82. The van der Waals surface area contributed by atoms with E-state index in [2.05, 4.69) is 5.10 Å². The second-order valence-corrected chi connectivity index (χ2v) is 3.84. The first-order valence-electron chi connectivity index (χ1n) is 5.56. The zero-order valence-electron chi connectivity index (χ0n) is 10.3. The summed E-state index contributed by atoms with van der Waals surface area (Å²) in [4.78, 5) is 11.6. The van der Waals surface area contributed by atoms with Gasteiger partial charge in [0.15, 0.2) is 0 Å². The van der Waals surface area contributed by atoms with Gasteiger partial charge in [0.2, 0.25) is 0 Å². The lowest BCUT2D eigenvalue weighted by molar-refractivity contribution is -0.128. The predicted molar refractivity (Wildman–Crippen MR) is 69.0 cm³/mol. The summed E-state index contributed by atoms with van der Waals surface area (Å²) in [6.45, 7) is 0. The van der Waals surface area contributed by atoms with Crippen LogP contribution >= 0.6 is 0 Å². The molecular formula is C14H11N3O2. The van der Waals surface area contributed by atoms with Gasteiger partial charge in [0.05, 0.1) is 17.8 Å². The molecule has 0 saturated heterocycles. The van der Waals surface area contributed by atoms with Crippen molar-refractivity contribution in [2.45, 2.75) is 0 Å². The number of esters is 1. The molecule has 1 heterocycles. The summed E-state index contributed by atoms with van der Waals surface area (Å²) in [6, 6.07) is 8.41. The molecule has 5 heteroatoms.